The Morgan fingerprint density at radius 2 is 2.09 bits per heavy atom. The number of carbonyl (C=O) groups excluding carboxylic acids is 2. The molecule has 2 aromatic heterocycles. The smallest absolute Gasteiger partial charge is 0.256 e. The maximum atomic E-state index is 13.4. The summed E-state index contributed by atoms with van der Waals surface area (Å²) in [7, 11) is 1.81. The Morgan fingerprint density at radius 1 is 1.26 bits per heavy atom. The van der Waals surface area contributed by atoms with Crippen LogP contribution >= 0.6 is 11.3 Å². The van der Waals surface area contributed by atoms with Crippen molar-refractivity contribution in [3.63, 3.8) is 0 Å². The van der Waals surface area contributed by atoms with Crippen LogP contribution in [0.4, 0.5) is 5.69 Å². The fraction of sp³-hybridized carbons (Fsp3) is 0.222. The number of fused-ring (bicyclic) bond motifs is 2. The lowest BCUT2D eigenvalue weighted by Gasteiger charge is -2.18. The summed E-state index contributed by atoms with van der Waals surface area (Å²) in [5.41, 5.74) is 6.63. The molecule has 3 heterocycles. The lowest BCUT2D eigenvalue weighted by atomic mass is 9.94. The molecule has 0 bridgehead atoms. The molecule has 178 valence electrons. The molecule has 2 amide bonds. The van der Waals surface area contributed by atoms with E-state index in [2.05, 4.69) is 45.6 Å². The predicted octanol–water partition coefficient (Wildman–Crippen LogP) is 5.04. The summed E-state index contributed by atoms with van der Waals surface area (Å²) in [4.78, 5) is 28.6. The predicted molar refractivity (Wildman–Crippen MR) is 142 cm³/mol. The quantitative estimate of drug-likeness (QED) is 0.320. The third kappa shape index (κ3) is 4.10. The van der Waals surface area contributed by atoms with Crippen LogP contribution in [0.3, 0.4) is 0 Å². The van der Waals surface area contributed by atoms with Crippen molar-refractivity contribution in [2.45, 2.75) is 26.4 Å². The molecule has 0 aliphatic carbocycles. The number of aromatic amines is 1. The fourth-order valence-corrected chi connectivity index (χ4v) is 5.26. The SMILES string of the molecule is C=C(CN1Cc2c(-c3ccc4[nH]nc(-c5cccs5)c4c3)ccc(NC)c2C1=O)C(=O)NC(C)C. The monoisotopic (exact) mass is 485 g/mol. The van der Waals surface area contributed by atoms with Crippen molar-refractivity contribution in [3.8, 4) is 21.7 Å². The number of H-pyrrole nitrogens is 1. The van der Waals surface area contributed by atoms with Crippen molar-refractivity contribution >= 4 is 39.7 Å². The van der Waals surface area contributed by atoms with E-state index in [0.717, 1.165) is 43.9 Å². The second kappa shape index (κ2) is 9.03. The summed E-state index contributed by atoms with van der Waals surface area (Å²) in [6.45, 7) is 8.31. The van der Waals surface area contributed by atoms with Crippen LogP contribution in [0.25, 0.3) is 32.6 Å². The van der Waals surface area contributed by atoms with Gasteiger partial charge >= 0.3 is 0 Å². The molecule has 7 nitrogen and oxygen atoms in total. The van der Waals surface area contributed by atoms with Crippen molar-refractivity contribution in [2.75, 3.05) is 18.9 Å². The zero-order valence-electron chi connectivity index (χ0n) is 19.9. The number of nitrogens with zero attached hydrogens (tertiary/aromatic N) is 2. The van der Waals surface area contributed by atoms with E-state index >= 15 is 0 Å². The van der Waals surface area contributed by atoms with Gasteiger partial charge in [0.05, 0.1) is 22.5 Å². The van der Waals surface area contributed by atoms with Gasteiger partial charge in [0.25, 0.3) is 5.91 Å². The molecule has 4 aromatic rings. The van der Waals surface area contributed by atoms with Gasteiger partial charge in [0, 0.05) is 36.3 Å². The molecule has 0 unspecified atom stereocenters. The first-order valence-electron chi connectivity index (χ1n) is 11.5. The molecule has 1 aliphatic heterocycles. The van der Waals surface area contributed by atoms with Crippen LogP contribution in [0.5, 0.6) is 0 Å². The first-order valence-corrected chi connectivity index (χ1v) is 12.4. The Hall–Kier alpha value is -3.91. The fourth-order valence-electron chi connectivity index (χ4n) is 4.53. The number of hydrogen-bond acceptors (Lipinski definition) is 5. The number of hydrogen-bond donors (Lipinski definition) is 3. The molecule has 2 aromatic carbocycles. The maximum Gasteiger partial charge on any atom is 0.256 e. The minimum Gasteiger partial charge on any atom is -0.387 e. The lowest BCUT2D eigenvalue weighted by Crippen LogP contribution is -2.36. The molecule has 1 aliphatic rings. The largest absolute Gasteiger partial charge is 0.387 e. The number of carbonyl (C=O) groups is 2. The van der Waals surface area contributed by atoms with E-state index in [1.165, 1.54) is 0 Å². The molecular formula is C27H27N5O2S. The highest BCUT2D eigenvalue weighted by atomic mass is 32.1. The maximum absolute atomic E-state index is 13.4. The molecular weight excluding hydrogens is 458 g/mol. The number of amides is 2. The van der Waals surface area contributed by atoms with Crippen molar-refractivity contribution in [1.29, 1.82) is 0 Å². The molecule has 0 atom stereocenters. The summed E-state index contributed by atoms with van der Waals surface area (Å²) in [6, 6.07) is 14.3. The number of benzene rings is 2. The van der Waals surface area contributed by atoms with E-state index in [1.807, 2.05) is 50.5 Å². The molecule has 8 heteroatoms. The zero-order chi connectivity index (χ0) is 24.7. The average Bonchev–Trinajstić information content (AvgIpc) is 3.57. The van der Waals surface area contributed by atoms with E-state index in [1.54, 1.807) is 16.2 Å². The summed E-state index contributed by atoms with van der Waals surface area (Å²) < 4.78 is 0. The average molecular weight is 486 g/mol. The normalized spacial score (nSPS) is 12.9. The highest BCUT2D eigenvalue weighted by Gasteiger charge is 2.33. The lowest BCUT2D eigenvalue weighted by molar-refractivity contribution is -0.118. The Bertz CT molecular complexity index is 1450. The minimum atomic E-state index is -0.232. The van der Waals surface area contributed by atoms with Crippen LogP contribution in [0.1, 0.15) is 29.8 Å². The van der Waals surface area contributed by atoms with Crippen LogP contribution in [0, 0.1) is 0 Å². The summed E-state index contributed by atoms with van der Waals surface area (Å²) in [5, 5.41) is 16.7. The van der Waals surface area contributed by atoms with Crippen LogP contribution in [-0.2, 0) is 11.3 Å². The van der Waals surface area contributed by atoms with Gasteiger partial charge in [-0.3, -0.25) is 14.7 Å². The molecule has 0 saturated carbocycles. The van der Waals surface area contributed by atoms with Gasteiger partial charge in [-0.1, -0.05) is 24.8 Å². The molecule has 0 fully saturated rings. The topological polar surface area (TPSA) is 90.1 Å². The van der Waals surface area contributed by atoms with Crippen LogP contribution in [-0.4, -0.2) is 46.5 Å². The Balaban J connectivity index is 1.53. The summed E-state index contributed by atoms with van der Waals surface area (Å²) >= 11 is 1.65. The molecule has 35 heavy (non-hydrogen) atoms. The molecule has 0 spiro atoms. The van der Waals surface area contributed by atoms with Gasteiger partial charge in [-0.25, -0.2) is 0 Å². The number of thiophene rings is 1. The second-order valence-electron chi connectivity index (χ2n) is 8.97. The first-order chi connectivity index (χ1) is 16.9. The van der Waals surface area contributed by atoms with E-state index in [9.17, 15) is 9.59 Å². The van der Waals surface area contributed by atoms with E-state index in [0.29, 0.717) is 17.7 Å². The summed E-state index contributed by atoms with van der Waals surface area (Å²) in [5.74, 6) is -0.335. The van der Waals surface area contributed by atoms with Crippen LogP contribution in [0.15, 0.2) is 60.0 Å². The van der Waals surface area contributed by atoms with E-state index < -0.39 is 0 Å². The third-order valence-corrected chi connectivity index (χ3v) is 7.06. The molecule has 3 N–H and O–H groups in total. The minimum absolute atomic E-state index is 0.00475. The highest BCUT2D eigenvalue weighted by Crippen LogP contribution is 2.39. The van der Waals surface area contributed by atoms with Gasteiger partial charge in [0.15, 0.2) is 0 Å². The number of rotatable bonds is 7. The molecule has 0 radical (unpaired) electrons. The van der Waals surface area contributed by atoms with Crippen LogP contribution < -0.4 is 10.6 Å². The standard InChI is InChI=1S/C27H27N5O2S/c1-15(2)29-26(33)16(3)13-32-14-20-18(8-10-22(28-4)24(20)27(32)34)17-7-9-21-19(12-17)25(31-30-21)23-6-5-11-35-23/h5-12,15,28H,3,13-14H2,1-2,4H3,(H,29,33)(H,30,31). The van der Waals surface area contributed by atoms with Gasteiger partial charge in [-0.2, -0.15) is 5.10 Å². The Morgan fingerprint density at radius 3 is 2.80 bits per heavy atom. The number of anilines is 1. The number of nitrogens with one attached hydrogen (secondary N) is 3. The van der Waals surface area contributed by atoms with E-state index in [-0.39, 0.29) is 24.4 Å². The third-order valence-electron chi connectivity index (χ3n) is 6.18. The Kier molecular flexibility index (Phi) is 5.90. The van der Waals surface area contributed by atoms with Crippen molar-refractivity contribution in [3.05, 3.63) is 71.1 Å². The molecule has 5 rings (SSSR count). The van der Waals surface area contributed by atoms with Crippen molar-refractivity contribution in [2.24, 2.45) is 0 Å². The van der Waals surface area contributed by atoms with Crippen LogP contribution in [0.2, 0.25) is 0 Å². The second-order valence-corrected chi connectivity index (χ2v) is 9.91. The van der Waals surface area contributed by atoms with Gasteiger partial charge in [-0.15, -0.1) is 11.3 Å². The highest BCUT2D eigenvalue weighted by molar-refractivity contribution is 7.13. The first kappa shape index (κ1) is 22.9. The van der Waals surface area contributed by atoms with Gasteiger partial charge < -0.3 is 15.5 Å². The molecule has 0 saturated heterocycles. The number of aromatic nitrogens is 2. The van der Waals surface area contributed by atoms with Crippen molar-refractivity contribution in [1.82, 2.24) is 20.4 Å². The summed E-state index contributed by atoms with van der Waals surface area (Å²) in [6.07, 6.45) is 0. The van der Waals surface area contributed by atoms with Gasteiger partial charge in [-0.05, 0) is 60.2 Å². The zero-order valence-corrected chi connectivity index (χ0v) is 20.8. The Labute approximate surface area is 207 Å². The van der Waals surface area contributed by atoms with Gasteiger partial charge in [0.2, 0.25) is 5.91 Å². The van der Waals surface area contributed by atoms with E-state index in [4.69, 9.17) is 0 Å². The van der Waals surface area contributed by atoms with Crippen molar-refractivity contribution < 1.29 is 9.59 Å². The van der Waals surface area contributed by atoms with Gasteiger partial charge in [0.1, 0.15) is 5.69 Å².